The lowest BCUT2D eigenvalue weighted by Crippen LogP contribution is -2.31. The van der Waals surface area contributed by atoms with E-state index in [9.17, 15) is 0 Å². The topological polar surface area (TPSA) is 24.5 Å². The second-order valence-corrected chi connectivity index (χ2v) is 6.64. The molecule has 1 rings (SSSR count). The zero-order valence-corrected chi connectivity index (χ0v) is 15.2. The molecule has 0 aliphatic rings. The molecule has 1 N–H and O–H groups in total. The summed E-state index contributed by atoms with van der Waals surface area (Å²) in [5.41, 5.74) is 2.52. The quantitative estimate of drug-likeness (QED) is 0.682. The number of hydrogen-bond acceptors (Lipinski definition) is 4. The number of thioether (sulfide) groups is 1. The molecule has 0 spiro atoms. The van der Waals surface area contributed by atoms with E-state index in [-0.39, 0.29) is 0 Å². The molecule has 0 aromatic heterocycles. The second kappa shape index (κ2) is 9.66. The number of ether oxygens (including phenoxy) is 1. The predicted octanol–water partition coefficient (Wildman–Crippen LogP) is 3.37. The van der Waals surface area contributed by atoms with E-state index in [1.54, 1.807) is 7.11 Å². The number of nitrogens with zero attached hydrogens (tertiary/aromatic N) is 1. The molecule has 0 amide bonds. The minimum Gasteiger partial charge on any atom is -0.383 e. The molecule has 0 radical (unpaired) electrons. The van der Waals surface area contributed by atoms with E-state index in [1.807, 2.05) is 11.8 Å². The Morgan fingerprint density at radius 1 is 1.45 bits per heavy atom. The highest BCUT2D eigenvalue weighted by Crippen LogP contribution is 2.28. The van der Waals surface area contributed by atoms with E-state index in [0.717, 1.165) is 29.9 Å². The Balaban J connectivity index is 2.63. The van der Waals surface area contributed by atoms with Gasteiger partial charge in [-0.25, -0.2) is 0 Å². The van der Waals surface area contributed by atoms with Gasteiger partial charge >= 0.3 is 0 Å². The highest BCUT2D eigenvalue weighted by Gasteiger charge is 2.12. The van der Waals surface area contributed by atoms with Crippen LogP contribution < -0.4 is 10.2 Å². The van der Waals surface area contributed by atoms with E-state index in [1.165, 1.54) is 11.3 Å². The molecule has 1 atom stereocenters. The highest BCUT2D eigenvalue weighted by atomic mass is 79.9. The molecule has 1 aromatic rings. The third-order valence-corrected chi connectivity index (χ3v) is 4.72. The normalized spacial score (nSPS) is 12.4. The monoisotopic (exact) mass is 360 g/mol. The lowest BCUT2D eigenvalue weighted by atomic mass is 10.2. The van der Waals surface area contributed by atoms with Gasteiger partial charge in [0.2, 0.25) is 0 Å². The van der Waals surface area contributed by atoms with E-state index in [4.69, 9.17) is 4.74 Å². The molecule has 3 nitrogen and oxygen atoms in total. The number of rotatable bonds is 9. The molecule has 0 saturated heterocycles. The molecular weight excluding hydrogens is 336 g/mol. The molecule has 0 heterocycles. The average molecular weight is 361 g/mol. The summed E-state index contributed by atoms with van der Waals surface area (Å²) in [6, 6.07) is 7.08. The lowest BCUT2D eigenvalue weighted by Gasteiger charge is -2.27. The third kappa shape index (κ3) is 5.64. The van der Waals surface area contributed by atoms with Gasteiger partial charge in [0, 0.05) is 43.5 Å². The van der Waals surface area contributed by atoms with E-state index < -0.39 is 0 Å². The van der Waals surface area contributed by atoms with E-state index in [0.29, 0.717) is 6.04 Å². The first-order valence-electron chi connectivity index (χ1n) is 6.80. The van der Waals surface area contributed by atoms with Crippen LogP contribution in [-0.4, -0.2) is 45.4 Å². The molecule has 1 aromatic carbocycles. The molecule has 20 heavy (non-hydrogen) atoms. The van der Waals surface area contributed by atoms with Crippen molar-refractivity contribution in [1.29, 1.82) is 0 Å². The van der Waals surface area contributed by atoms with Gasteiger partial charge < -0.3 is 15.0 Å². The maximum atomic E-state index is 5.02. The van der Waals surface area contributed by atoms with Crippen molar-refractivity contribution >= 4 is 33.4 Å². The summed E-state index contributed by atoms with van der Waals surface area (Å²) in [6.45, 7) is 4.74. The van der Waals surface area contributed by atoms with Crippen LogP contribution in [0.2, 0.25) is 0 Å². The van der Waals surface area contributed by atoms with Gasteiger partial charge in [-0.15, -0.1) is 0 Å². The largest absolute Gasteiger partial charge is 0.383 e. The van der Waals surface area contributed by atoms with Gasteiger partial charge in [0.05, 0.1) is 12.3 Å². The summed E-state index contributed by atoms with van der Waals surface area (Å²) in [4.78, 5) is 2.32. The molecule has 0 aliphatic carbocycles. The van der Waals surface area contributed by atoms with Crippen LogP contribution in [0.3, 0.4) is 0 Å². The molecule has 5 heteroatoms. The zero-order valence-electron chi connectivity index (χ0n) is 12.8. The summed E-state index contributed by atoms with van der Waals surface area (Å²) in [5.74, 6) is 1.13. The average Bonchev–Trinajstić information content (AvgIpc) is 2.43. The number of nitrogens with one attached hydrogen (secondary N) is 1. The number of anilines is 1. The first-order chi connectivity index (χ1) is 9.60. The molecule has 0 fully saturated rings. The zero-order chi connectivity index (χ0) is 15.0. The fourth-order valence-electron chi connectivity index (χ4n) is 1.94. The molecule has 114 valence electrons. The van der Waals surface area contributed by atoms with Crippen LogP contribution in [0.4, 0.5) is 5.69 Å². The predicted molar refractivity (Wildman–Crippen MR) is 94.0 cm³/mol. The van der Waals surface area contributed by atoms with E-state index in [2.05, 4.69) is 64.6 Å². The van der Waals surface area contributed by atoms with Crippen LogP contribution in [0, 0.1) is 0 Å². The lowest BCUT2D eigenvalue weighted by molar-refractivity contribution is 0.199. The molecule has 0 bridgehead atoms. The molecule has 0 saturated carbocycles. The van der Waals surface area contributed by atoms with Gasteiger partial charge in [0.1, 0.15) is 0 Å². The first-order valence-corrected chi connectivity index (χ1v) is 8.98. The number of hydrogen-bond donors (Lipinski definition) is 1. The minimum atomic E-state index is 0.520. The minimum absolute atomic E-state index is 0.520. The number of methoxy groups -OCH3 is 1. The summed E-state index contributed by atoms with van der Waals surface area (Å²) in [5, 5.41) is 3.36. The number of benzene rings is 1. The summed E-state index contributed by atoms with van der Waals surface area (Å²) >= 11 is 5.57. The molecule has 1 unspecified atom stereocenters. The second-order valence-electron chi connectivity index (χ2n) is 4.87. The van der Waals surface area contributed by atoms with Gasteiger partial charge in [0.25, 0.3) is 0 Å². The molecule has 0 aliphatic heterocycles. The van der Waals surface area contributed by atoms with Crippen LogP contribution in [0.1, 0.15) is 12.5 Å². The van der Waals surface area contributed by atoms with Crippen molar-refractivity contribution in [2.24, 2.45) is 0 Å². The number of halogens is 1. The van der Waals surface area contributed by atoms with Crippen LogP contribution in [0.15, 0.2) is 22.7 Å². The van der Waals surface area contributed by atoms with Crippen molar-refractivity contribution < 1.29 is 4.74 Å². The standard InChI is InChI=1S/C15H25BrN2OS/c1-12(11-20-4)18(2)15-6-5-13(9-14(15)16)10-17-7-8-19-3/h5-6,9,12,17H,7-8,10-11H2,1-4H3. The van der Waals surface area contributed by atoms with Crippen molar-refractivity contribution in [3.8, 4) is 0 Å². The Morgan fingerprint density at radius 3 is 2.80 bits per heavy atom. The van der Waals surface area contributed by atoms with Crippen LogP contribution in [0.25, 0.3) is 0 Å². The van der Waals surface area contributed by atoms with Crippen LogP contribution in [0.5, 0.6) is 0 Å². The molecular formula is C15H25BrN2OS. The Bertz CT molecular complexity index is 403. The Labute approximate surface area is 135 Å². The Kier molecular flexibility index (Phi) is 8.61. The van der Waals surface area contributed by atoms with Gasteiger partial charge in [-0.2, -0.15) is 11.8 Å². The Hall–Kier alpha value is -0.230. The smallest absolute Gasteiger partial charge is 0.0587 e. The summed E-state index contributed by atoms with van der Waals surface area (Å²) in [6.07, 6.45) is 2.15. The highest BCUT2D eigenvalue weighted by molar-refractivity contribution is 9.10. The van der Waals surface area contributed by atoms with Gasteiger partial charge in [-0.1, -0.05) is 6.07 Å². The SMILES string of the molecule is COCCNCc1ccc(N(C)C(C)CSC)c(Br)c1. The fraction of sp³-hybridized carbons (Fsp3) is 0.600. The summed E-state index contributed by atoms with van der Waals surface area (Å²) in [7, 11) is 3.87. The Morgan fingerprint density at radius 2 is 2.20 bits per heavy atom. The van der Waals surface area contributed by atoms with Crippen molar-refractivity contribution in [1.82, 2.24) is 5.32 Å². The third-order valence-electron chi connectivity index (χ3n) is 3.27. The van der Waals surface area contributed by atoms with Gasteiger partial charge in [-0.3, -0.25) is 0 Å². The summed E-state index contributed by atoms with van der Waals surface area (Å²) < 4.78 is 6.17. The van der Waals surface area contributed by atoms with Crippen LogP contribution >= 0.6 is 27.7 Å². The van der Waals surface area contributed by atoms with Crippen molar-refractivity contribution in [3.05, 3.63) is 28.2 Å². The van der Waals surface area contributed by atoms with Crippen LogP contribution in [-0.2, 0) is 11.3 Å². The van der Waals surface area contributed by atoms with Crippen molar-refractivity contribution in [2.75, 3.05) is 44.2 Å². The maximum Gasteiger partial charge on any atom is 0.0587 e. The fourth-order valence-corrected chi connectivity index (χ4v) is 3.36. The maximum absolute atomic E-state index is 5.02. The van der Waals surface area contributed by atoms with Crippen molar-refractivity contribution in [3.63, 3.8) is 0 Å². The van der Waals surface area contributed by atoms with E-state index >= 15 is 0 Å². The first kappa shape index (κ1) is 17.8. The van der Waals surface area contributed by atoms with Gasteiger partial charge in [0.15, 0.2) is 0 Å². The van der Waals surface area contributed by atoms with Crippen molar-refractivity contribution in [2.45, 2.75) is 19.5 Å². The van der Waals surface area contributed by atoms with Gasteiger partial charge in [-0.05, 0) is 46.8 Å².